The van der Waals surface area contributed by atoms with Crippen molar-refractivity contribution in [3.8, 4) is 5.75 Å². The topological polar surface area (TPSA) is 24.5 Å². The molecule has 1 heterocycles. The minimum atomic E-state index is 0.603. The van der Waals surface area contributed by atoms with Crippen molar-refractivity contribution >= 4 is 23.2 Å². The fraction of sp³-hybridized carbons (Fsp3) is 0.571. The van der Waals surface area contributed by atoms with Gasteiger partial charge in [0.1, 0.15) is 5.75 Å². The third-order valence-corrected chi connectivity index (χ3v) is 3.64. The smallest absolute Gasteiger partial charge is 0.142 e. The number of nitrogens with zero attached hydrogens (tertiary/aromatic N) is 1. The Labute approximate surface area is 124 Å². The lowest BCUT2D eigenvalue weighted by atomic mass is 10.1. The molecule has 0 unspecified atom stereocenters. The number of piperazine rings is 1. The molecule has 1 aliphatic heterocycles. The average molecular weight is 303 g/mol. The predicted molar refractivity (Wildman–Crippen MR) is 80.4 cm³/mol. The number of ether oxygens (including phenoxy) is 1. The van der Waals surface area contributed by atoms with E-state index in [0.29, 0.717) is 16.7 Å². The number of rotatable bonds is 5. The molecule has 5 heteroatoms. The predicted octanol–water partition coefficient (Wildman–Crippen LogP) is 3.19. The van der Waals surface area contributed by atoms with Gasteiger partial charge < -0.3 is 10.1 Å². The van der Waals surface area contributed by atoms with Crippen LogP contribution in [-0.4, -0.2) is 37.7 Å². The highest BCUT2D eigenvalue weighted by molar-refractivity contribution is 6.35. The van der Waals surface area contributed by atoms with E-state index in [0.717, 1.165) is 50.5 Å². The number of halogens is 2. The molecule has 0 aromatic heterocycles. The van der Waals surface area contributed by atoms with Crippen LogP contribution >= 0.6 is 23.2 Å². The van der Waals surface area contributed by atoms with Crippen LogP contribution in [0.15, 0.2) is 12.1 Å². The highest BCUT2D eigenvalue weighted by atomic mass is 35.5. The quantitative estimate of drug-likeness (QED) is 0.904. The van der Waals surface area contributed by atoms with Gasteiger partial charge in [-0.3, -0.25) is 4.90 Å². The molecule has 0 saturated carbocycles. The standard InChI is InChI=1S/C14H20Cl2N2O/c1-2-7-19-14-11(8-12(15)9-13(14)16)10-18-5-3-17-4-6-18/h8-9,17H,2-7,10H2,1H3. The summed E-state index contributed by atoms with van der Waals surface area (Å²) in [6.45, 7) is 7.73. The zero-order valence-corrected chi connectivity index (χ0v) is 12.7. The highest BCUT2D eigenvalue weighted by Gasteiger charge is 2.16. The lowest BCUT2D eigenvalue weighted by Gasteiger charge is -2.28. The number of hydrogen-bond donors (Lipinski definition) is 1. The zero-order valence-electron chi connectivity index (χ0n) is 11.2. The summed E-state index contributed by atoms with van der Waals surface area (Å²) < 4.78 is 5.78. The van der Waals surface area contributed by atoms with Gasteiger partial charge in [0.25, 0.3) is 0 Å². The Balaban J connectivity index is 2.15. The van der Waals surface area contributed by atoms with E-state index in [1.165, 1.54) is 0 Å². The Kier molecular flexibility index (Phi) is 5.76. The zero-order chi connectivity index (χ0) is 13.7. The molecule has 0 bridgehead atoms. The van der Waals surface area contributed by atoms with Crippen LogP contribution in [0.1, 0.15) is 18.9 Å². The van der Waals surface area contributed by atoms with Crippen molar-refractivity contribution in [2.45, 2.75) is 19.9 Å². The molecule has 0 aliphatic carbocycles. The van der Waals surface area contributed by atoms with Crippen molar-refractivity contribution in [3.63, 3.8) is 0 Å². The SMILES string of the molecule is CCCOc1c(Cl)cc(Cl)cc1CN1CCNCC1. The molecule has 0 radical (unpaired) electrons. The van der Waals surface area contributed by atoms with Gasteiger partial charge in [-0.15, -0.1) is 0 Å². The van der Waals surface area contributed by atoms with Crippen LogP contribution in [-0.2, 0) is 6.54 Å². The Morgan fingerprint density at radius 1 is 1.26 bits per heavy atom. The Morgan fingerprint density at radius 3 is 2.68 bits per heavy atom. The normalized spacial score (nSPS) is 16.6. The largest absolute Gasteiger partial charge is 0.492 e. The summed E-state index contributed by atoms with van der Waals surface area (Å²) >= 11 is 12.4. The summed E-state index contributed by atoms with van der Waals surface area (Å²) in [7, 11) is 0. The van der Waals surface area contributed by atoms with Gasteiger partial charge in [0.05, 0.1) is 11.6 Å². The minimum Gasteiger partial charge on any atom is -0.492 e. The second-order valence-electron chi connectivity index (χ2n) is 4.75. The van der Waals surface area contributed by atoms with E-state index in [-0.39, 0.29) is 0 Å². The monoisotopic (exact) mass is 302 g/mol. The summed E-state index contributed by atoms with van der Waals surface area (Å²) in [4.78, 5) is 2.39. The molecule has 1 aromatic carbocycles. The van der Waals surface area contributed by atoms with Crippen LogP contribution in [0.3, 0.4) is 0 Å². The minimum absolute atomic E-state index is 0.603. The molecule has 2 rings (SSSR count). The van der Waals surface area contributed by atoms with Gasteiger partial charge in [-0.05, 0) is 18.6 Å². The Morgan fingerprint density at radius 2 is 2.00 bits per heavy atom. The summed E-state index contributed by atoms with van der Waals surface area (Å²) in [6, 6.07) is 3.70. The first-order valence-electron chi connectivity index (χ1n) is 6.74. The van der Waals surface area contributed by atoms with Crippen LogP contribution in [0.5, 0.6) is 5.75 Å². The molecule has 106 valence electrons. The number of hydrogen-bond acceptors (Lipinski definition) is 3. The van der Waals surface area contributed by atoms with E-state index in [1.807, 2.05) is 6.07 Å². The van der Waals surface area contributed by atoms with Crippen LogP contribution in [0.25, 0.3) is 0 Å². The molecular formula is C14H20Cl2N2O. The van der Waals surface area contributed by atoms with Crippen molar-refractivity contribution in [3.05, 3.63) is 27.7 Å². The maximum atomic E-state index is 6.25. The van der Waals surface area contributed by atoms with Gasteiger partial charge in [0.2, 0.25) is 0 Å². The Bertz CT molecular complexity index is 420. The lowest BCUT2D eigenvalue weighted by Crippen LogP contribution is -2.42. The van der Waals surface area contributed by atoms with Crippen molar-refractivity contribution in [2.24, 2.45) is 0 Å². The maximum Gasteiger partial charge on any atom is 0.142 e. The van der Waals surface area contributed by atoms with E-state index < -0.39 is 0 Å². The van der Waals surface area contributed by atoms with Crippen LogP contribution in [0.2, 0.25) is 10.0 Å². The molecule has 1 aliphatic rings. The highest BCUT2D eigenvalue weighted by Crippen LogP contribution is 2.33. The molecule has 0 atom stereocenters. The number of benzene rings is 1. The molecule has 0 amide bonds. The molecule has 1 N–H and O–H groups in total. The lowest BCUT2D eigenvalue weighted by molar-refractivity contribution is 0.227. The fourth-order valence-corrected chi connectivity index (χ4v) is 2.80. The van der Waals surface area contributed by atoms with Crippen molar-refractivity contribution < 1.29 is 4.74 Å². The van der Waals surface area contributed by atoms with Crippen LogP contribution in [0.4, 0.5) is 0 Å². The third kappa shape index (κ3) is 4.25. The van der Waals surface area contributed by atoms with Gasteiger partial charge in [0, 0.05) is 43.3 Å². The fourth-order valence-electron chi connectivity index (χ4n) is 2.21. The second kappa shape index (κ2) is 7.34. The van der Waals surface area contributed by atoms with E-state index in [2.05, 4.69) is 17.1 Å². The summed E-state index contributed by atoms with van der Waals surface area (Å²) in [5.74, 6) is 0.784. The van der Waals surface area contributed by atoms with Gasteiger partial charge >= 0.3 is 0 Å². The molecular weight excluding hydrogens is 283 g/mol. The van der Waals surface area contributed by atoms with Gasteiger partial charge in [-0.25, -0.2) is 0 Å². The van der Waals surface area contributed by atoms with Crippen LogP contribution in [0, 0.1) is 0 Å². The van der Waals surface area contributed by atoms with Gasteiger partial charge in [-0.2, -0.15) is 0 Å². The summed E-state index contributed by atoms with van der Waals surface area (Å²) in [6.07, 6.45) is 0.964. The molecule has 3 nitrogen and oxygen atoms in total. The van der Waals surface area contributed by atoms with E-state index in [1.54, 1.807) is 6.07 Å². The summed E-state index contributed by atoms with van der Waals surface area (Å²) in [5, 5.41) is 4.62. The molecule has 0 spiro atoms. The number of nitrogens with one attached hydrogen (secondary N) is 1. The average Bonchev–Trinajstić information content (AvgIpc) is 2.39. The van der Waals surface area contributed by atoms with Crippen molar-refractivity contribution in [1.82, 2.24) is 10.2 Å². The first-order valence-corrected chi connectivity index (χ1v) is 7.50. The Hall–Kier alpha value is -0.480. The van der Waals surface area contributed by atoms with E-state index in [4.69, 9.17) is 27.9 Å². The van der Waals surface area contributed by atoms with Gasteiger partial charge in [-0.1, -0.05) is 30.1 Å². The molecule has 1 aromatic rings. The molecule has 1 saturated heterocycles. The van der Waals surface area contributed by atoms with Crippen molar-refractivity contribution in [1.29, 1.82) is 0 Å². The van der Waals surface area contributed by atoms with Crippen LogP contribution < -0.4 is 10.1 Å². The van der Waals surface area contributed by atoms with Gasteiger partial charge in [0.15, 0.2) is 0 Å². The molecule has 1 fully saturated rings. The molecule has 19 heavy (non-hydrogen) atoms. The second-order valence-corrected chi connectivity index (χ2v) is 5.59. The first-order chi connectivity index (χ1) is 9.20. The van der Waals surface area contributed by atoms with E-state index >= 15 is 0 Å². The van der Waals surface area contributed by atoms with E-state index in [9.17, 15) is 0 Å². The third-order valence-electron chi connectivity index (χ3n) is 3.14. The summed E-state index contributed by atoms with van der Waals surface area (Å²) in [5.41, 5.74) is 1.08. The van der Waals surface area contributed by atoms with Crippen molar-refractivity contribution in [2.75, 3.05) is 32.8 Å². The maximum absolute atomic E-state index is 6.25. The first kappa shape index (κ1) is 14.9.